The molecule has 2 aromatic carbocycles. The Balaban J connectivity index is 1.33. The lowest BCUT2D eigenvalue weighted by molar-refractivity contribution is -0.145. The Morgan fingerprint density at radius 1 is 1.27 bits per heavy atom. The molecule has 1 amide bonds. The van der Waals surface area contributed by atoms with Crippen LogP contribution in [0.15, 0.2) is 48.7 Å². The Morgan fingerprint density at radius 2 is 2.07 bits per heavy atom. The number of nitriles is 1. The van der Waals surface area contributed by atoms with Gasteiger partial charge in [0.2, 0.25) is 0 Å². The average molecular weight is 403 g/mol. The Hall–Kier alpha value is -3.14. The summed E-state index contributed by atoms with van der Waals surface area (Å²) < 4.78 is 11.5. The van der Waals surface area contributed by atoms with Crippen molar-refractivity contribution in [1.29, 1.82) is 5.26 Å². The molecule has 1 aromatic heterocycles. The van der Waals surface area contributed by atoms with Gasteiger partial charge in [-0.1, -0.05) is 23.8 Å². The number of carbonyl (C=O) groups excluding carboxylic acids is 1. The Morgan fingerprint density at radius 3 is 2.80 bits per heavy atom. The second kappa shape index (κ2) is 9.12. The summed E-state index contributed by atoms with van der Waals surface area (Å²) in [5.74, 6) is -0.169. The van der Waals surface area contributed by atoms with E-state index in [1.807, 2.05) is 6.20 Å². The highest BCUT2D eigenvalue weighted by molar-refractivity contribution is 5.84. The van der Waals surface area contributed by atoms with E-state index >= 15 is 0 Å². The third kappa shape index (κ3) is 4.88. The number of H-pyrrole nitrogens is 1. The van der Waals surface area contributed by atoms with Crippen LogP contribution >= 0.6 is 0 Å². The fraction of sp³-hybridized carbons (Fsp3) is 0.333. The van der Waals surface area contributed by atoms with Gasteiger partial charge in [0.15, 0.2) is 6.10 Å². The van der Waals surface area contributed by atoms with Gasteiger partial charge in [0.05, 0.1) is 18.2 Å². The Labute approximate surface area is 175 Å². The SMILES string of the molecule is Cc1ccc2[nH]cc(CCOCOC(C(=O)NC3CC3)c3ccc(C#N)cc3)c2c1. The van der Waals surface area contributed by atoms with Gasteiger partial charge in [0.1, 0.15) is 6.79 Å². The molecule has 6 heteroatoms. The summed E-state index contributed by atoms with van der Waals surface area (Å²) in [6, 6.07) is 15.6. The minimum atomic E-state index is -0.755. The second-order valence-corrected chi connectivity index (χ2v) is 7.70. The number of ether oxygens (including phenoxy) is 2. The molecular formula is C24H25N3O3. The molecule has 6 nitrogen and oxygen atoms in total. The van der Waals surface area contributed by atoms with Gasteiger partial charge in [-0.15, -0.1) is 0 Å². The van der Waals surface area contributed by atoms with Crippen LogP contribution in [0.4, 0.5) is 0 Å². The van der Waals surface area contributed by atoms with Gasteiger partial charge in [0, 0.05) is 23.1 Å². The number of aromatic nitrogens is 1. The molecule has 0 aliphatic heterocycles. The van der Waals surface area contributed by atoms with E-state index in [0.717, 1.165) is 24.8 Å². The monoisotopic (exact) mass is 403 g/mol. The number of nitrogens with one attached hydrogen (secondary N) is 2. The molecule has 1 saturated carbocycles. The van der Waals surface area contributed by atoms with Crippen molar-refractivity contribution < 1.29 is 14.3 Å². The maximum Gasteiger partial charge on any atom is 0.254 e. The number of fused-ring (bicyclic) bond motifs is 1. The summed E-state index contributed by atoms with van der Waals surface area (Å²) in [6.45, 7) is 2.59. The highest BCUT2D eigenvalue weighted by atomic mass is 16.7. The molecule has 154 valence electrons. The van der Waals surface area contributed by atoms with Crippen molar-refractivity contribution in [3.05, 3.63) is 70.9 Å². The van der Waals surface area contributed by atoms with Crippen LogP contribution in [0.25, 0.3) is 10.9 Å². The number of aromatic amines is 1. The maximum absolute atomic E-state index is 12.6. The summed E-state index contributed by atoms with van der Waals surface area (Å²) in [4.78, 5) is 15.9. The van der Waals surface area contributed by atoms with Gasteiger partial charge in [-0.2, -0.15) is 5.26 Å². The molecule has 0 saturated heterocycles. The molecule has 1 atom stereocenters. The molecule has 30 heavy (non-hydrogen) atoms. The van der Waals surface area contributed by atoms with Crippen molar-refractivity contribution in [2.45, 2.75) is 38.3 Å². The minimum absolute atomic E-state index is 0.0180. The standard InChI is InChI=1S/C24H25N3O3/c1-16-2-9-22-21(12-16)19(14-26-22)10-11-29-15-30-23(24(28)27-20-7-8-20)18-5-3-17(13-25)4-6-18/h2-6,9,12,14,20,23,26H,7-8,10-11,15H2,1H3,(H,27,28). The molecule has 1 aliphatic carbocycles. The first-order valence-electron chi connectivity index (χ1n) is 10.2. The van der Waals surface area contributed by atoms with Gasteiger partial charge in [0.25, 0.3) is 5.91 Å². The summed E-state index contributed by atoms with van der Waals surface area (Å²) >= 11 is 0. The molecule has 0 spiro atoms. The number of hydrogen-bond donors (Lipinski definition) is 2. The lowest BCUT2D eigenvalue weighted by Crippen LogP contribution is -2.33. The molecule has 2 N–H and O–H groups in total. The van der Waals surface area contributed by atoms with Crippen LogP contribution in [0.2, 0.25) is 0 Å². The zero-order valence-corrected chi connectivity index (χ0v) is 17.0. The van der Waals surface area contributed by atoms with Crippen molar-refractivity contribution in [3.63, 3.8) is 0 Å². The molecule has 1 unspecified atom stereocenters. The second-order valence-electron chi connectivity index (χ2n) is 7.70. The van der Waals surface area contributed by atoms with Crippen LogP contribution in [0, 0.1) is 18.3 Å². The normalized spacial score (nSPS) is 14.4. The molecule has 4 rings (SSSR count). The zero-order chi connectivity index (χ0) is 20.9. The van der Waals surface area contributed by atoms with Gasteiger partial charge in [-0.3, -0.25) is 4.79 Å². The fourth-order valence-electron chi connectivity index (χ4n) is 3.42. The molecule has 0 radical (unpaired) electrons. The Kier molecular flexibility index (Phi) is 6.12. The van der Waals surface area contributed by atoms with E-state index in [0.29, 0.717) is 17.7 Å². The van der Waals surface area contributed by atoms with Crippen molar-refractivity contribution in [2.24, 2.45) is 0 Å². The molecular weight excluding hydrogens is 378 g/mol. The van der Waals surface area contributed by atoms with E-state index in [1.165, 1.54) is 16.5 Å². The molecule has 1 aliphatic rings. The molecule has 0 bridgehead atoms. The number of rotatable bonds is 9. The van der Waals surface area contributed by atoms with Gasteiger partial charge >= 0.3 is 0 Å². The van der Waals surface area contributed by atoms with Crippen molar-refractivity contribution in [1.82, 2.24) is 10.3 Å². The summed E-state index contributed by atoms with van der Waals surface area (Å²) in [7, 11) is 0. The number of benzene rings is 2. The van der Waals surface area contributed by atoms with Crippen molar-refractivity contribution in [2.75, 3.05) is 13.4 Å². The van der Waals surface area contributed by atoms with Crippen LogP contribution < -0.4 is 5.32 Å². The first kappa shape index (κ1) is 20.1. The van der Waals surface area contributed by atoms with Gasteiger partial charge in [-0.05, 0) is 61.6 Å². The molecule has 3 aromatic rings. The van der Waals surface area contributed by atoms with Crippen LogP contribution in [0.5, 0.6) is 0 Å². The van der Waals surface area contributed by atoms with E-state index in [2.05, 4.69) is 41.5 Å². The third-order valence-corrected chi connectivity index (χ3v) is 5.26. The predicted molar refractivity (Wildman–Crippen MR) is 114 cm³/mol. The lowest BCUT2D eigenvalue weighted by Gasteiger charge is -2.18. The highest BCUT2D eigenvalue weighted by Crippen LogP contribution is 2.24. The van der Waals surface area contributed by atoms with Crippen LogP contribution in [0.3, 0.4) is 0 Å². The highest BCUT2D eigenvalue weighted by Gasteiger charge is 2.29. The van der Waals surface area contributed by atoms with Crippen LogP contribution in [-0.4, -0.2) is 30.3 Å². The number of nitrogens with zero attached hydrogens (tertiary/aromatic N) is 1. The van der Waals surface area contributed by atoms with Gasteiger partial charge < -0.3 is 19.8 Å². The van der Waals surface area contributed by atoms with E-state index in [-0.39, 0.29) is 18.7 Å². The minimum Gasteiger partial charge on any atom is -0.361 e. The molecule has 1 fully saturated rings. The van der Waals surface area contributed by atoms with E-state index < -0.39 is 6.10 Å². The Bertz CT molecular complexity index is 1060. The van der Waals surface area contributed by atoms with Gasteiger partial charge in [-0.25, -0.2) is 0 Å². The quantitative estimate of drug-likeness (QED) is 0.419. The zero-order valence-electron chi connectivity index (χ0n) is 17.0. The van der Waals surface area contributed by atoms with E-state index in [4.69, 9.17) is 14.7 Å². The third-order valence-electron chi connectivity index (χ3n) is 5.26. The van der Waals surface area contributed by atoms with Crippen LogP contribution in [-0.2, 0) is 20.7 Å². The maximum atomic E-state index is 12.6. The lowest BCUT2D eigenvalue weighted by atomic mass is 10.1. The topological polar surface area (TPSA) is 87.1 Å². The fourth-order valence-corrected chi connectivity index (χ4v) is 3.42. The molecule has 1 heterocycles. The number of aryl methyl sites for hydroxylation is 1. The largest absolute Gasteiger partial charge is 0.361 e. The summed E-state index contributed by atoms with van der Waals surface area (Å²) in [6.07, 6.45) is 4.02. The van der Waals surface area contributed by atoms with E-state index in [1.54, 1.807) is 24.3 Å². The van der Waals surface area contributed by atoms with Crippen LogP contribution in [0.1, 0.15) is 41.2 Å². The van der Waals surface area contributed by atoms with Crippen molar-refractivity contribution >= 4 is 16.8 Å². The number of amides is 1. The first-order valence-corrected chi connectivity index (χ1v) is 10.2. The smallest absolute Gasteiger partial charge is 0.254 e. The number of carbonyl (C=O) groups is 1. The number of hydrogen-bond acceptors (Lipinski definition) is 4. The average Bonchev–Trinajstić information content (AvgIpc) is 3.49. The summed E-state index contributed by atoms with van der Waals surface area (Å²) in [5.41, 5.74) is 4.79. The first-order chi connectivity index (χ1) is 14.6. The summed E-state index contributed by atoms with van der Waals surface area (Å²) in [5, 5.41) is 13.2. The van der Waals surface area contributed by atoms with Crippen molar-refractivity contribution in [3.8, 4) is 6.07 Å². The van der Waals surface area contributed by atoms with E-state index in [9.17, 15) is 4.79 Å². The predicted octanol–water partition coefficient (Wildman–Crippen LogP) is 3.90.